The summed E-state index contributed by atoms with van der Waals surface area (Å²) in [6.45, 7) is 0. The van der Waals surface area contributed by atoms with Gasteiger partial charge in [0.2, 0.25) is 0 Å². The molecule has 8 heteroatoms. The second-order valence-corrected chi connectivity index (χ2v) is 4.99. The lowest BCUT2D eigenvalue weighted by Gasteiger charge is -2.10. The Kier molecular flexibility index (Phi) is 3.75. The zero-order valence-corrected chi connectivity index (χ0v) is 12.2. The van der Waals surface area contributed by atoms with Crippen LogP contribution in [0.15, 0.2) is 41.2 Å². The summed E-state index contributed by atoms with van der Waals surface area (Å²) in [5.74, 6) is -1.02. The van der Waals surface area contributed by atoms with E-state index < -0.39 is 23.1 Å². The highest BCUT2D eigenvalue weighted by Gasteiger charge is 2.34. The number of hydrogen-bond donors (Lipinski definition) is 1. The molecule has 4 nitrogen and oxygen atoms in total. The van der Waals surface area contributed by atoms with Crippen molar-refractivity contribution in [1.29, 1.82) is 0 Å². The first-order valence-corrected chi connectivity index (χ1v) is 6.75. The molecule has 24 heavy (non-hydrogen) atoms. The van der Waals surface area contributed by atoms with Crippen molar-refractivity contribution in [2.45, 2.75) is 6.18 Å². The Morgan fingerprint density at radius 1 is 1.12 bits per heavy atom. The number of H-pyrrole nitrogens is 1. The van der Waals surface area contributed by atoms with E-state index in [0.717, 1.165) is 6.07 Å². The van der Waals surface area contributed by atoms with Crippen LogP contribution in [0.1, 0.15) is 5.56 Å². The third kappa shape index (κ3) is 2.82. The highest BCUT2D eigenvalue weighted by Crippen LogP contribution is 2.33. The standard InChI is InChI=1S/C16H10F4N2O2/c1-24-9-3-5-13-10(7-9)15(23)22-14(21-13)8-2-4-12(17)11(6-8)16(18,19)20/h2-7H,1H3,(H,21,22,23). The van der Waals surface area contributed by atoms with Crippen LogP contribution in [0.4, 0.5) is 17.6 Å². The van der Waals surface area contributed by atoms with E-state index in [1.807, 2.05) is 0 Å². The predicted molar refractivity (Wildman–Crippen MR) is 79.3 cm³/mol. The SMILES string of the molecule is COc1ccc2nc(-c3ccc(F)c(C(F)(F)F)c3)[nH]c(=O)c2c1. The quantitative estimate of drug-likeness (QED) is 0.724. The lowest BCUT2D eigenvalue weighted by molar-refractivity contribution is -0.139. The number of hydrogen-bond acceptors (Lipinski definition) is 3. The van der Waals surface area contributed by atoms with E-state index in [1.165, 1.54) is 19.2 Å². The topological polar surface area (TPSA) is 55.0 Å². The number of aromatic amines is 1. The second-order valence-electron chi connectivity index (χ2n) is 4.99. The largest absolute Gasteiger partial charge is 0.497 e. The summed E-state index contributed by atoms with van der Waals surface area (Å²) in [5, 5.41) is 0.233. The Labute approximate surface area is 132 Å². The highest BCUT2D eigenvalue weighted by atomic mass is 19.4. The third-order valence-corrected chi connectivity index (χ3v) is 3.46. The highest BCUT2D eigenvalue weighted by molar-refractivity contribution is 5.81. The number of fused-ring (bicyclic) bond motifs is 1. The van der Waals surface area contributed by atoms with Gasteiger partial charge in [-0.05, 0) is 36.4 Å². The van der Waals surface area contributed by atoms with Gasteiger partial charge in [-0.25, -0.2) is 9.37 Å². The molecule has 1 heterocycles. The molecule has 0 fully saturated rings. The molecule has 1 aromatic heterocycles. The van der Waals surface area contributed by atoms with Crippen LogP contribution in [-0.4, -0.2) is 17.1 Å². The number of nitrogens with one attached hydrogen (secondary N) is 1. The number of rotatable bonds is 2. The van der Waals surface area contributed by atoms with E-state index in [0.29, 0.717) is 17.9 Å². The van der Waals surface area contributed by atoms with Crippen LogP contribution in [0.3, 0.4) is 0 Å². The maximum Gasteiger partial charge on any atom is 0.419 e. The normalized spacial score (nSPS) is 11.7. The molecule has 3 aromatic rings. The molecule has 0 bridgehead atoms. The molecule has 1 N–H and O–H groups in total. The van der Waals surface area contributed by atoms with Crippen molar-refractivity contribution in [2.75, 3.05) is 7.11 Å². The zero-order chi connectivity index (χ0) is 17.5. The average molecular weight is 338 g/mol. The molecule has 124 valence electrons. The van der Waals surface area contributed by atoms with Crippen LogP contribution in [-0.2, 0) is 6.18 Å². The van der Waals surface area contributed by atoms with Crippen molar-refractivity contribution in [2.24, 2.45) is 0 Å². The lowest BCUT2D eigenvalue weighted by atomic mass is 10.1. The molecule has 0 unspecified atom stereocenters. The first kappa shape index (κ1) is 16.0. The van der Waals surface area contributed by atoms with Crippen molar-refractivity contribution in [1.82, 2.24) is 9.97 Å². The molecule has 0 atom stereocenters. The fourth-order valence-electron chi connectivity index (χ4n) is 2.27. The van der Waals surface area contributed by atoms with E-state index in [-0.39, 0.29) is 22.3 Å². The molecular formula is C16H10F4N2O2. The Hall–Kier alpha value is -2.90. The molecule has 0 radical (unpaired) electrons. The number of halogens is 4. The van der Waals surface area contributed by atoms with Crippen LogP contribution in [0.25, 0.3) is 22.3 Å². The number of ether oxygens (including phenoxy) is 1. The summed E-state index contributed by atoms with van der Waals surface area (Å²) in [6.07, 6.45) is -4.84. The average Bonchev–Trinajstić information content (AvgIpc) is 2.53. The van der Waals surface area contributed by atoms with E-state index >= 15 is 0 Å². The minimum Gasteiger partial charge on any atom is -0.497 e. The van der Waals surface area contributed by atoms with E-state index in [1.54, 1.807) is 6.07 Å². The fourth-order valence-corrected chi connectivity index (χ4v) is 2.27. The van der Waals surface area contributed by atoms with Crippen molar-refractivity contribution in [3.8, 4) is 17.1 Å². The Bertz CT molecular complexity index is 980. The smallest absolute Gasteiger partial charge is 0.419 e. The first-order chi connectivity index (χ1) is 11.3. The van der Waals surface area contributed by atoms with E-state index in [9.17, 15) is 22.4 Å². The number of alkyl halides is 3. The van der Waals surface area contributed by atoms with Gasteiger partial charge >= 0.3 is 6.18 Å². The molecule has 0 aliphatic heterocycles. The monoisotopic (exact) mass is 338 g/mol. The fraction of sp³-hybridized carbons (Fsp3) is 0.125. The number of aromatic nitrogens is 2. The molecule has 2 aromatic carbocycles. The summed E-state index contributed by atoms with van der Waals surface area (Å²) in [5.41, 5.74) is -1.71. The van der Waals surface area contributed by atoms with Crippen LogP contribution in [0.5, 0.6) is 5.75 Å². The summed E-state index contributed by atoms with van der Waals surface area (Å²) in [6, 6.07) is 6.99. The molecule has 0 saturated heterocycles. The summed E-state index contributed by atoms with van der Waals surface area (Å²) in [7, 11) is 1.44. The summed E-state index contributed by atoms with van der Waals surface area (Å²) >= 11 is 0. The Balaban J connectivity index is 2.19. The number of methoxy groups -OCH3 is 1. The van der Waals surface area contributed by atoms with Gasteiger partial charge in [0, 0.05) is 5.56 Å². The van der Waals surface area contributed by atoms with Gasteiger partial charge in [-0.3, -0.25) is 4.79 Å². The molecular weight excluding hydrogens is 328 g/mol. The minimum absolute atomic E-state index is 0.0430. The van der Waals surface area contributed by atoms with E-state index in [2.05, 4.69) is 9.97 Å². The first-order valence-electron chi connectivity index (χ1n) is 6.75. The van der Waals surface area contributed by atoms with Crippen molar-refractivity contribution >= 4 is 10.9 Å². The van der Waals surface area contributed by atoms with Gasteiger partial charge in [0.05, 0.1) is 23.6 Å². The van der Waals surface area contributed by atoms with E-state index in [4.69, 9.17) is 4.74 Å². The predicted octanol–water partition coefficient (Wildman–Crippen LogP) is 3.76. The second kappa shape index (κ2) is 5.63. The van der Waals surface area contributed by atoms with Gasteiger partial charge in [0.15, 0.2) is 0 Å². The maximum absolute atomic E-state index is 13.4. The van der Waals surface area contributed by atoms with Gasteiger partial charge in [-0.2, -0.15) is 13.2 Å². The number of nitrogens with zero attached hydrogens (tertiary/aromatic N) is 1. The van der Waals surface area contributed by atoms with Gasteiger partial charge < -0.3 is 9.72 Å². The lowest BCUT2D eigenvalue weighted by Crippen LogP contribution is -2.11. The Morgan fingerprint density at radius 2 is 1.88 bits per heavy atom. The summed E-state index contributed by atoms with van der Waals surface area (Å²) < 4.78 is 56.8. The van der Waals surface area contributed by atoms with Crippen molar-refractivity contribution in [3.63, 3.8) is 0 Å². The van der Waals surface area contributed by atoms with Gasteiger partial charge in [0.25, 0.3) is 5.56 Å². The number of benzene rings is 2. The third-order valence-electron chi connectivity index (χ3n) is 3.46. The maximum atomic E-state index is 13.4. The van der Waals surface area contributed by atoms with Gasteiger partial charge in [-0.1, -0.05) is 0 Å². The van der Waals surface area contributed by atoms with Crippen LogP contribution in [0.2, 0.25) is 0 Å². The summed E-state index contributed by atoms with van der Waals surface area (Å²) in [4.78, 5) is 18.7. The van der Waals surface area contributed by atoms with Crippen molar-refractivity contribution in [3.05, 3.63) is 58.1 Å². The Morgan fingerprint density at radius 3 is 2.54 bits per heavy atom. The molecule has 0 spiro atoms. The zero-order valence-electron chi connectivity index (χ0n) is 12.2. The van der Waals surface area contributed by atoms with Crippen LogP contribution in [0, 0.1) is 5.82 Å². The molecule has 0 aliphatic rings. The van der Waals surface area contributed by atoms with Gasteiger partial charge in [0.1, 0.15) is 17.4 Å². The van der Waals surface area contributed by atoms with Gasteiger partial charge in [-0.15, -0.1) is 0 Å². The van der Waals surface area contributed by atoms with Crippen LogP contribution >= 0.6 is 0 Å². The van der Waals surface area contributed by atoms with Crippen molar-refractivity contribution < 1.29 is 22.3 Å². The molecule has 0 aliphatic carbocycles. The minimum atomic E-state index is -4.84. The molecule has 0 amide bonds. The van der Waals surface area contributed by atoms with Crippen LogP contribution < -0.4 is 10.3 Å². The molecule has 0 saturated carbocycles. The molecule has 3 rings (SSSR count).